The number of rotatable bonds is 11. The van der Waals surface area contributed by atoms with Crippen molar-refractivity contribution in [3.8, 4) is 11.5 Å². The molecule has 4 rings (SSSR count). The first-order valence-electron chi connectivity index (χ1n) is 14.3. The minimum absolute atomic E-state index is 0.0372. The first-order valence-corrected chi connectivity index (χ1v) is 14.3. The number of aryl methyl sites for hydroxylation is 1. The number of likely N-dealkylation sites (tertiary alicyclic amines) is 1. The SMILES string of the molecule is CNCc1ccc(C(=O)N2CCCC(C(O)(CCCNC(=O)OC)c3ccccc3Oc3ccccc3C)C2)cc1. The minimum Gasteiger partial charge on any atom is -0.457 e. The molecule has 1 heterocycles. The van der Waals surface area contributed by atoms with Crippen LogP contribution in [0.15, 0.2) is 72.8 Å². The molecule has 8 nitrogen and oxygen atoms in total. The molecule has 2 amide bonds. The number of ether oxygens (including phenoxy) is 2. The van der Waals surface area contributed by atoms with Gasteiger partial charge in [0.25, 0.3) is 5.91 Å². The van der Waals surface area contributed by atoms with Crippen LogP contribution in [0, 0.1) is 12.8 Å². The zero-order valence-electron chi connectivity index (χ0n) is 24.2. The first-order chi connectivity index (χ1) is 19.9. The van der Waals surface area contributed by atoms with Gasteiger partial charge in [-0.1, -0.05) is 48.5 Å². The lowest BCUT2D eigenvalue weighted by Crippen LogP contribution is -2.48. The van der Waals surface area contributed by atoms with Crippen molar-refractivity contribution in [3.63, 3.8) is 0 Å². The van der Waals surface area contributed by atoms with Crippen molar-refractivity contribution >= 4 is 12.0 Å². The van der Waals surface area contributed by atoms with Crippen LogP contribution in [-0.4, -0.2) is 55.8 Å². The van der Waals surface area contributed by atoms with E-state index in [2.05, 4.69) is 10.6 Å². The lowest BCUT2D eigenvalue weighted by molar-refractivity contribution is -0.0578. The van der Waals surface area contributed by atoms with Gasteiger partial charge in [-0.2, -0.15) is 0 Å². The van der Waals surface area contributed by atoms with E-state index < -0.39 is 11.7 Å². The summed E-state index contributed by atoms with van der Waals surface area (Å²) in [6, 6.07) is 23.0. The number of para-hydroxylation sites is 2. The first kappa shape index (κ1) is 30.1. The van der Waals surface area contributed by atoms with E-state index in [1.165, 1.54) is 7.11 Å². The number of hydrogen-bond acceptors (Lipinski definition) is 6. The number of nitrogens with zero attached hydrogens (tertiary/aromatic N) is 1. The third-order valence-electron chi connectivity index (χ3n) is 7.82. The molecule has 0 aliphatic carbocycles. The summed E-state index contributed by atoms with van der Waals surface area (Å²) in [5.41, 5.74) is 2.12. The molecule has 1 saturated heterocycles. The van der Waals surface area contributed by atoms with Crippen molar-refractivity contribution in [3.05, 3.63) is 95.1 Å². The molecule has 1 aliphatic heterocycles. The summed E-state index contributed by atoms with van der Waals surface area (Å²) in [6.45, 7) is 4.12. The zero-order valence-corrected chi connectivity index (χ0v) is 24.2. The molecule has 8 heteroatoms. The van der Waals surface area contributed by atoms with Crippen LogP contribution in [0.3, 0.4) is 0 Å². The smallest absolute Gasteiger partial charge is 0.406 e. The van der Waals surface area contributed by atoms with Crippen LogP contribution in [-0.2, 0) is 16.9 Å². The average Bonchev–Trinajstić information content (AvgIpc) is 3.00. The molecule has 0 bridgehead atoms. The summed E-state index contributed by atoms with van der Waals surface area (Å²) >= 11 is 0. The highest BCUT2D eigenvalue weighted by atomic mass is 16.5. The van der Waals surface area contributed by atoms with Crippen LogP contribution in [0.25, 0.3) is 0 Å². The van der Waals surface area contributed by atoms with E-state index in [0.29, 0.717) is 49.4 Å². The molecule has 0 spiro atoms. The van der Waals surface area contributed by atoms with Crippen LogP contribution in [0.4, 0.5) is 4.79 Å². The van der Waals surface area contributed by atoms with E-state index in [1.807, 2.05) is 91.7 Å². The third kappa shape index (κ3) is 7.45. The van der Waals surface area contributed by atoms with Gasteiger partial charge in [-0.15, -0.1) is 0 Å². The molecule has 1 fully saturated rings. The van der Waals surface area contributed by atoms with Gasteiger partial charge in [0.15, 0.2) is 0 Å². The summed E-state index contributed by atoms with van der Waals surface area (Å²) in [4.78, 5) is 27.0. The highest BCUT2D eigenvalue weighted by Gasteiger charge is 2.43. The lowest BCUT2D eigenvalue weighted by Gasteiger charge is -2.43. The predicted molar refractivity (Wildman–Crippen MR) is 159 cm³/mol. The number of carbonyl (C=O) groups is 2. The summed E-state index contributed by atoms with van der Waals surface area (Å²) in [5.74, 6) is 1.03. The van der Waals surface area contributed by atoms with Crippen molar-refractivity contribution in [2.24, 2.45) is 5.92 Å². The zero-order chi connectivity index (χ0) is 29.2. The van der Waals surface area contributed by atoms with E-state index in [1.54, 1.807) is 0 Å². The van der Waals surface area contributed by atoms with E-state index in [4.69, 9.17) is 9.47 Å². The van der Waals surface area contributed by atoms with E-state index in [9.17, 15) is 14.7 Å². The Morgan fingerprint density at radius 3 is 2.44 bits per heavy atom. The standard InChI is InChI=1S/C33H41N3O5/c1-24-10-4-6-13-29(24)41-30-14-7-5-12-28(30)33(39,19-9-20-35-32(38)40-3)27-11-8-21-36(23-27)31(37)26-17-15-25(16-18-26)22-34-2/h4-7,10,12-18,27,34,39H,8-9,11,19-23H2,1-3H3,(H,35,38). The fourth-order valence-corrected chi connectivity index (χ4v) is 5.59. The molecule has 3 aromatic rings. The number of amides is 2. The quantitative estimate of drug-likeness (QED) is 0.273. The highest BCUT2D eigenvalue weighted by molar-refractivity contribution is 5.94. The Bertz CT molecular complexity index is 1310. The predicted octanol–water partition coefficient (Wildman–Crippen LogP) is 5.38. The summed E-state index contributed by atoms with van der Waals surface area (Å²) < 4.78 is 11.1. The molecule has 0 aromatic heterocycles. The van der Waals surface area contributed by atoms with Crippen molar-refractivity contribution in [2.75, 3.05) is 33.8 Å². The lowest BCUT2D eigenvalue weighted by atomic mass is 9.74. The summed E-state index contributed by atoms with van der Waals surface area (Å²) in [7, 11) is 3.22. The number of hydrogen-bond donors (Lipinski definition) is 3. The van der Waals surface area contributed by atoms with Gasteiger partial charge in [-0.05, 0) is 75.0 Å². The average molecular weight is 560 g/mol. The number of benzene rings is 3. The molecule has 1 aliphatic rings. The molecule has 3 N–H and O–H groups in total. The second-order valence-corrected chi connectivity index (χ2v) is 10.6. The van der Waals surface area contributed by atoms with E-state index >= 15 is 0 Å². The van der Waals surface area contributed by atoms with Gasteiger partial charge < -0.3 is 30.1 Å². The maximum absolute atomic E-state index is 13.5. The summed E-state index contributed by atoms with van der Waals surface area (Å²) in [5, 5.41) is 18.4. The van der Waals surface area contributed by atoms with Crippen molar-refractivity contribution in [1.82, 2.24) is 15.5 Å². The number of alkyl carbamates (subject to hydrolysis) is 1. The Labute approximate surface area is 242 Å². The monoisotopic (exact) mass is 559 g/mol. The molecule has 3 aromatic carbocycles. The fourth-order valence-electron chi connectivity index (χ4n) is 5.59. The van der Waals surface area contributed by atoms with Gasteiger partial charge in [0.2, 0.25) is 0 Å². The van der Waals surface area contributed by atoms with Gasteiger partial charge in [0.1, 0.15) is 11.5 Å². The van der Waals surface area contributed by atoms with E-state index in [-0.39, 0.29) is 11.8 Å². The van der Waals surface area contributed by atoms with Crippen LogP contribution >= 0.6 is 0 Å². The number of carbonyl (C=O) groups excluding carboxylic acids is 2. The molecule has 2 unspecified atom stereocenters. The number of aliphatic hydroxyl groups is 1. The Morgan fingerprint density at radius 2 is 1.73 bits per heavy atom. The Kier molecular flexibility index (Phi) is 10.4. The van der Waals surface area contributed by atoms with Crippen LogP contribution in [0.2, 0.25) is 0 Å². The molecule has 2 atom stereocenters. The second-order valence-electron chi connectivity index (χ2n) is 10.6. The molecule has 41 heavy (non-hydrogen) atoms. The van der Waals surface area contributed by atoms with Gasteiger partial charge in [0.05, 0.1) is 12.7 Å². The maximum atomic E-state index is 13.5. The number of methoxy groups -OCH3 is 1. The minimum atomic E-state index is -1.30. The van der Waals surface area contributed by atoms with Gasteiger partial charge in [-0.25, -0.2) is 4.79 Å². The Balaban J connectivity index is 1.61. The molecule has 218 valence electrons. The van der Waals surface area contributed by atoms with Gasteiger partial charge in [0, 0.05) is 43.2 Å². The van der Waals surface area contributed by atoms with Gasteiger partial charge >= 0.3 is 6.09 Å². The van der Waals surface area contributed by atoms with Crippen LogP contribution in [0.5, 0.6) is 11.5 Å². The number of nitrogens with one attached hydrogen (secondary N) is 2. The van der Waals surface area contributed by atoms with Crippen molar-refractivity contribution < 1.29 is 24.2 Å². The number of piperidine rings is 1. The largest absolute Gasteiger partial charge is 0.457 e. The van der Waals surface area contributed by atoms with Crippen molar-refractivity contribution in [2.45, 2.75) is 44.8 Å². The molecular weight excluding hydrogens is 518 g/mol. The van der Waals surface area contributed by atoms with E-state index in [0.717, 1.165) is 36.3 Å². The molecule has 0 saturated carbocycles. The van der Waals surface area contributed by atoms with Crippen molar-refractivity contribution in [1.29, 1.82) is 0 Å². The Hall–Kier alpha value is -3.88. The highest BCUT2D eigenvalue weighted by Crippen LogP contribution is 2.44. The summed E-state index contributed by atoms with van der Waals surface area (Å²) in [6.07, 6.45) is 1.91. The Morgan fingerprint density at radius 1 is 1.02 bits per heavy atom. The fraction of sp³-hybridized carbons (Fsp3) is 0.394. The molecule has 0 radical (unpaired) electrons. The van der Waals surface area contributed by atoms with Crippen LogP contribution < -0.4 is 15.4 Å². The second kappa shape index (κ2) is 14.1. The maximum Gasteiger partial charge on any atom is 0.406 e. The normalized spacial score (nSPS) is 16.5. The van der Waals surface area contributed by atoms with Crippen LogP contribution in [0.1, 0.15) is 52.7 Å². The third-order valence-corrected chi connectivity index (χ3v) is 7.82. The molecular formula is C33H41N3O5. The van der Waals surface area contributed by atoms with Gasteiger partial charge in [-0.3, -0.25) is 4.79 Å². The topological polar surface area (TPSA) is 100 Å².